The fourth-order valence-electron chi connectivity index (χ4n) is 4.40. The van der Waals surface area contributed by atoms with Crippen molar-refractivity contribution in [3.05, 3.63) is 81.5 Å². The molecule has 9 heteroatoms. The van der Waals surface area contributed by atoms with Gasteiger partial charge in [-0.25, -0.2) is 0 Å². The molecule has 1 aliphatic carbocycles. The number of anilines is 1. The molecule has 0 saturated heterocycles. The number of hydrogen-bond acceptors (Lipinski definition) is 6. The van der Waals surface area contributed by atoms with Crippen LogP contribution >= 0.6 is 11.3 Å². The molecule has 1 unspecified atom stereocenters. The van der Waals surface area contributed by atoms with E-state index in [4.69, 9.17) is 0 Å². The van der Waals surface area contributed by atoms with E-state index in [0.717, 1.165) is 40.2 Å². The van der Waals surface area contributed by atoms with Crippen LogP contribution in [0.2, 0.25) is 0 Å². The van der Waals surface area contributed by atoms with Gasteiger partial charge in [-0.1, -0.05) is 18.2 Å². The maximum Gasteiger partial charge on any atom is 0.262 e. The number of benzene rings is 1. The van der Waals surface area contributed by atoms with E-state index in [1.165, 1.54) is 18.3 Å². The zero-order valence-corrected chi connectivity index (χ0v) is 19.3. The number of hydrogen-bond donors (Lipinski definition) is 2. The number of nitrogens with zero attached hydrogens (tertiary/aromatic N) is 2. The minimum absolute atomic E-state index is 0.271. The van der Waals surface area contributed by atoms with Gasteiger partial charge in [-0.3, -0.25) is 29.1 Å². The number of aryl methyl sites for hydroxylation is 1. The molecule has 3 aromatic rings. The van der Waals surface area contributed by atoms with Gasteiger partial charge in [0.15, 0.2) is 0 Å². The number of rotatable bonds is 6. The highest BCUT2D eigenvalue weighted by atomic mass is 32.1. The minimum Gasteiger partial charge on any atom is -0.348 e. The summed E-state index contributed by atoms with van der Waals surface area (Å²) in [6, 6.07) is 9.16. The Morgan fingerprint density at radius 3 is 2.50 bits per heavy atom. The summed E-state index contributed by atoms with van der Waals surface area (Å²) in [5.74, 6) is -1.78. The molecule has 1 atom stereocenters. The molecule has 0 radical (unpaired) electrons. The van der Waals surface area contributed by atoms with E-state index in [0.29, 0.717) is 17.1 Å². The number of thiophene rings is 1. The maximum absolute atomic E-state index is 13.1. The zero-order chi connectivity index (χ0) is 23.8. The van der Waals surface area contributed by atoms with E-state index in [9.17, 15) is 19.2 Å². The summed E-state index contributed by atoms with van der Waals surface area (Å²) < 4.78 is 0. The second-order valence-electron chi connectivity index (χ2n) is 8.30. The first-order valence-electron chi connectivity index (χ1n) is 11.0. The van der Waals surface area contributed by atoms with Gasteiger partial charge < -0.3 is 10.6 Å². The van der Waals surface area contributed by atoms with Gasteiger partial charge >= 0.3 is 0 Å². The molecular formula is C25H22N4O4S. The normalized spacial score (nSPS) is 15.1. The molecule has 5 rings (SSSR count). The molecular weight excluding hydrogens is 452 g/mol. The quantitative estimate of drug-likeness (QED) is 0.534. The van der Waals surface area contributed by atoms with E-state index < -0.39 is 23.8 Å². The van der Waals surface area contributed by atoms with Gasteiger partial charge in [0.1, 0.15) is 11.0 Å². The molecule has 0 saturated carbocycles. The van der Waals surface area contributed by atoms with Crippen LogP contribution in [0.25, 0.3) is 0 Å². The van der Waals surface area contributed by atoms with Crippen LogP contribution in [0.5, 0.6) is 0 Å². The predicted octanol–water partition coefficient (Wildman–Crippen LogP) is 3.19. The fourth-order valence-corrected chi connectivity index (χ4v) is 5.69. The lowest BCUT2D eigenvalue weighted by Gasteiger charge is -2.21. The Labute approximate surface area is 200 Å². The Morgan fingerprint density at radius 2 is 1.82 bits per heavy atom. The molecule has 1 aliphatic heterocycles. The van der Waals surface area contributed by atoms with Crippen LogP contribution in [0, 0.1) is 0 Å². The van der Waals surface area contributed by atoms with Crippen LogP contribution in [0.1, 0.15) is 60.4 Å². The van der Waals surface area contributed by atoms with Crippen molar-refractivity contribution in [1.29, 1.82) is 0 Å². The van der Waals surface area contributed by atoms with Gasteiger partial charge in [0.2, 0.25) is 5.91 Å². The van der Waals surface area contributed by atoms with Crippen molar-refractivity contribution in [3.8, 4) is 0 Å². The molecule has 172 valence electrons. The highest BCUT2D eigenvalue weighted by Gasteiger charge is 2.41. The SMILES string of the molecule is CC(C(=O)Nc1sc2c(c1C(=O)NCc1cccnc1)CCC2)N1C(=O)c2ccccc2C1=O. The highest BCUT2D eigenvalue weighted by molar-refractivity contribution is 7.17. The Morgan fingerprint density at radius 1 is 1.09 bits per heavy atom. The summed E-state index contributed by atoms with van der Waals surface area (Å²) in [7, 11) is 0. The van der Waals surface area contributed by atoms with Gasteiger partial charge in [0, 0.05) is 23.8 Å². The molecule has 1 aromatic carbocycles. The Balaban J connectivity index is 1.35. The number of carbonyl (C=O) groups excluding carboxylic acids is 4. The van der Waals surface area contributed by atoms with Gasteiger partial charge in [0.05, 0.1) is 16.7 Å². The lowest BCUT2D eigenvalue weighted by molar-refractivity contribution is -0.119. The number of amides is 4. The molecule has 3 heterocycles. The molecule has 0 fully saturated rings. The smallest absolute Gasteiger partial charge is 0.262 e. The predicted molar refractivity (Wildman–Crippen MR) is 127 cm³/mol. The summed E-state index contributed by atoms with van der Waals surface area (Å²) in [4.78, 5) is 57.9. The van der Waals surface area contributed by atoms with Crippen molar-refractivity contribution in [1.82, 2.24) is 15.2 Å². The van der Waals surface area contributed by atoms with E-state index in [-0.39, 0.29) is 17.0 Å². The Kier molecular flexibility index (Phi) is 5.70. The summed E-state index contributed by atoms with van der Waals surface area (Å²) in [6.45, 7) is 1.83. The van der Waals surface area contributed by atoms with E-state index in [1.54, 1.807) is 42.7 Å². The second kappa shape index (κ2) is 8.83. The van der Waals surface area contributed by atoms with Gasteiger partial charge in [-0.15, -0.1) is 11.3 Å². The van der Waals surface area contributed by atoms with Gasteiger partial charge in [-0.2, -0.15) is 0 Å². The van der Waals surface area contributed by atoms with Crippen molar-refractivity contribution in [2.75, 3.05) is 5.32 Å². The van der Waals surface area contributed by atoms with E-state index in [1.807, 2.05) is 6.07 Å². The summed E-state index contributed by atoms with van der Waals surface area (Å²) in [6.07, 6.45) is 5.94. The molecule has 2 N–H and O–H groups in total. The molecule has 8 nitrogen and oxygen atoms in total. The van der Waals surface area contributed by atoms with Crippen LogP contribution in [0.15, 0.2) is 48.8 Å². The average molecular weight is 475 g/mol. The van der Waals surface area contributed by atoms with E-state index in [2.05, 4.69) is 15.6 Å². The lowest BCUT2D eigenvalue weighted by Crippen LogP contribution is -2.45. The average Bonchev–Trinajstić information content (AvgIpc) is 3.50. The molecule has 4 amide bonds. The molecule has 2 aromatic heterocycles. The van der Waals surface area contributed by atoms with Crippen molar-refractivity contribution < 1.29 is 19.2 Å². The number of pyridine rings is 1. The highest BCUT2D eigenvalue weighted by Crippen LogP contribution is 2.39. The third-order valence-corrected chi connectivity index (χ3v) is 7.36. The zero-order valence-electron chi connectivity index (χ0n) is 18.5. The summed E-state index contributed by atoms with van der Waals surface area (Å²) >= 11 is 1.38. The van der Waals surface area contributed by atoms with Crippen LogP contribution in [-0.2, 0) is 24.2 Å². The first kappa shape index (κ1) is 22.0. The van der Waals surface area contributed by atoms with Gasteiger partial charge in [-0.05, 0) is 55.5 Å². The Bertz CT molecular complexity index is 1280. The number of aromatic nitrogens is 1. The van der Waals surface area contributed by atoms with Crippen LogP contribution in [0.4, 0.5) is 5.00 Å². The molecule has 2 aliphatic rings. The third-order valence-electron chi connectivity index (χ3n) is 6.15. The van der Waals surface area contributed by atoms with Crippen LogP contribution < -0.4 is 10.6 Å². The van der Waals surface area contributed by atoms with Gasteiger partial charge in [0.25, 0.3) is 17.7 Å². The third kappa shape index (κ3) is 3.77. The molecule has 34 heavy (non-hydrogen) atoms. The summed E-state index contributed by atoms with van der Waals surface area (Å²) in [5.41, 5.74) is 2.87. The molecule has 0 bridgehead atoms. The minimum atomic E-state index is -1.03. The number of fused-ring (bicyclic) bond motifs is 2. The standard InChI is InChI=1S/C25H22N4O4S/c1-14(29-24(32)16-7-2-3-8-17(16)25(29)33)21(30)28-23-20(18-9-4-10-19(18)34-23)22(31)27-13-15-6-5-11-26-12-15/h2-3,5-8,11-12,14H,4,9-10,13H2,1H3,(H,27,31)(H,28,30). The van der Waals surface area contributed by atoms with Crippen molar-refractivity contribution in [2.45, 2.75) is 38.8 Å². The van der Waals surface area contributed by atoms with Crippen molar-refractivity contribution in [3.63, 3.8) is 0 Å². The summed E-state index contributed by atoms with van der Waals surface area (Å²) in [5, 5.41) is 6.18. The maximum atomic E-state index is 13.1. The van der Waals surface area contributed by atoms with Crippen LogP contribution in [-0.4, -0.2) is 39.6 Å². The largest absolute Gasteiger partial charge is 0.348 e. The first-order valence-corrected chi connectivity index (χ1v) is 11.9. The Hall–Kier alpha value is -3.85. The number of imide groups is 1. The number of nitrogens with one attached hydrogen (secondary N) is 2. The first-order chi connectivity index (χ1) is 16.5. The van der Waals surface area contributed by atoms with Crippen molar-refractivity contribution in [2.24, 2.45) is 0 Å². The van der Waals surface area contributed by atoms with E-state index >= 15 is 0 Å². The lowest BCUT2D eigenvalue weighted by atomic mass is 10.1. The number of carbonyl (C=O) groups is 4. The fraction of sp³-hybridized carbons (Fsp3) is 0.240. The monoisotopic (exact) mass is 474 g/mol. The second-order valence-corrected chi connectivity index (χ2v) is 9.40. The van der Waals surface area contributed by atoms with Crippen LogP contribution in [0.3, 0.4) is 0 Å². The topological polar surface area (TPSA) is 108 Å². The molecule has 0 spiro atoms. The van der Waals surface area contributed by atoms with Crippen molar-refractivity contribution >= 4 is 40.0 Å².